The average molecular weight is 313 g/mol. The molecule has 22 heavy (non-hydrogen) atoms. The van der Waals surface area contributed by atoms with Crippen LogP contribution in [0.25, 0.3) is 0 Å². The third-order valence-electron chi connectivity index (χ3n) is 3.78. The van der Waals surface area contributed by atoms with Crippen molar-refractivity contribution in [3.05, 3.63) is 0 Å². The van der Waals surface area contributed by atoms with Crippen LogP contribution in [0, 0.1) is 5.92 Å². The molecule has 0 aromatic heterocycles. The van der Waals surface area contributed by atoms with Crippen LogP contribution in [0.15, 0.2) is 0 Å². The van der Waals surface area contributed by atoms with Crippen LogP contribution in [-0.2, 0) is 9.53 Å². The molecule has 2 atom stereocenters. The highest BCUT2D eigenvalue weighted by Crippen LogP contribution is 2.23. The largest absolute Gasteiger partial charge is 0.444 e. The molecule has 0 aliphatic heterocycles. The molecular weight excluding hydrogens is 282 g/mol. The number of rotatable bonds is 6. The van der Waals surface area contributed by atoms with Crippen molar-refractivity contribution < 1.29 is 14.3 Å². The molecule has 1 fully saturated rings. The van der Waals surface area contributed by atoms with Gasteiger partial charge in [0.15, 0.2) is 0 Å². The van der Waals surface area contributed by atoms with Crippen molar-refractivity contribution >= 4 is 12.0 Å². The van der Waals surface area contributed by atoms with E-state index in [1.165, 1.54) is 0 Å². The molecule has 2 amide bonds. The van der Waals surface area contributed by atoms with Gasteiger partial charge in [0, 0.05) is 32.6 Å². The van der Waals surface area contributed by atoms with E-state index in [1.54, 1.807) is 7.05 Å². The molecule has 0 aromatic carbocycles. The lowest BCUT2D eigenvalue weighted by Crippen LogP contribution is -2.40. The van der Waals surface area contributed by atoms with Gasteiger partial charge in [0.25, 0.3) is 0 Å². The molecular formula is C16H31N3O3. The van der Waals surface area contributed by atoms with Gasteiger partial charge in [-0.05, 0) is 46.0 Å². The van der Waals surface area contributed by atoms with Gasteiger partial charge in [0.05, 0.1) is 0 Å². The predicted molar refractivity (Wildman–Crippen MR) is 86.7 cm³/mol. The number of hydrogen-bond donors (Lipinski definition) is 3. The first-order valence-corrected chi connectivity index (χ1v) is 8.21. The van der Waals surface area contributed by atoms with Crippen LogP contribution in [0.3, 0.4) is 0 Å². The summed E-state index contributed by atoms with van der Waals surface area (Å²) in [6.07, 6.45) is 4.61. The van der Waals surface area contributed by atoms with E-state index in [4.69, 9.17) is 4.74 Å². The second kappa shape index (κ2) is 8.98. The molecule has 0 radical (unpaired) electrons. The number of alkyl carbamates (subject to hydrolysis) is 1. The lowest BCUT2D eigenvalue weighted by molar-refractivity contribution is -0.120. The van der Waals surface area contributed by atoms with Gasteiger partial charge in [-0.3, -0.25) is 4.79 Å². The molecule has 1 aliphatic carbocycles. The first kappa shape index (κ1) is 18.7. The van der Waals surface area contributed by atoms with E-state index in [0.29, 0.717) is 31.5 Å². The van der Waals surface area contributed by atoms with Gasteiger partial charge < -0.3 is 20.7 Å². The van der Waals surface area contributed by atoms with E-state index < -0.39 is 5.60 Å². The molecule has 1 rings (SSSR count). The zero-order valence-corrected chi connectivity index (χ0v) is 14.3. The molecule has 2 unspecified atom stereocenters. The Morgan fingerprint density at radius 3 is 2.59 bits per heavy atom. The molecule has 0 bridgehead atoms. The molecule has 0 spiro atoms. The normalized spacial score (nSPS) is 22.0. The van der Waals surface area contributed by atoms with E-state index >= 15 is 0 Å². The van der Waals surface area contributed by atoms with Crippen molar-refractivity contribution in [2.75, 3.05) is 20.1 Å². The third-order valence-corrected chi connectivity index (χ3v) is 3.78. The lowest BCUT2D eigenvalue weighted by atomic mass is 9.85. The summed E-state index contributed by atoms with van der Waals surface area (Å²) in [6.45, 7) is 6.94. The number of amides is 2. The Labute approximate surface area is 133 Å². The van der Waals surface area contributed by atoms with Gasteiger partial charge in [0.2, 0.25) is 5.91 Å². The SMILES string of the molecule is CNC(=O)CCNC1CCCC(CNC(=O)OC(C)(C)C)C1. The van der Waals surface area contributed by atoms with Crippen molar-refractivity contribution in [1.29, 1.82) is 0 Å². The average Bonchev–Trinajstić information content (AvgIpc) is 2.43. The molecule has 0 saturated heterocycles. The third kappa shape index (κ3) is 8.22. The topological polar surface area (TPSA) is 79.5 Å². The van der Waals surface area contributed by atoms with Gasteiger partial charge in [-0.25, -0.2) is 4.79 Å². The predicted octanol–water partition coefficient (Wildman–Crippen LogP) is 1.80. The van der Waals surface area contributed by atoms with Crippen LogP contribution < -0.4 is 16.0 Å². The minimum Gasteiger partial charge on any atom is -0.444 e. The Bertz CT molecular complexity index is 366. The molecule has 1 aliphatic rings. The minimum atomic E-state index is -0.458. The first-order chi connectivity index (χ1) is 10.3. The van der Waals surface area contributed by atoms with Crippen LogP contribution in [-0.4, -0.2) is 43.8 Å². The van der Waals surface area contributed by atoms with Crippen molar-refractivity contribution in [2.24, 2.45) is 5.92 Å². The molecule has 128 valence electrons. The zero-order chi connectivity index (χ0) is 16.6. The summed E-state index contributed by atoms with van der Waals surface area (Å²) in [5.74, 6) is 0.533. The number of carbonyl (C=O) groups is 2. The maximum Gasteiger partial charge on any atom is 0.407 e. The zero-order valence-electron chi connectivity index (χ0n) is 14.3. The van der Waals surface area contributed by atoms with Crippen LogP contribution in [0.2, 0.25) is 0 Å². The monoisotopic (exact) mass is 313 g/mol. The maximum absolute atomic E-state index is 11.7. The fraction of sp³-hybridized carbons (Fsp3) is 0.875. The molecule has 3 N–H and O–H groups in total. The molecule has 0 aromatic rings. The van der Waals surface area contributed by atoms with Crippen molar-refractivity contribution in [3.63, 3.8) is 0 Å². The fourth-order valence-corrected chi connectivity index (χ4v) is 2.72. The highest BCUT2D eigenvalue weighted by molar-refractivity contribution is 5.75. The van der Waals surface area contributed by atoms with Gasteiger partial charge in [-0.1, -0.05) is 6.42 Å². The Balaban J connectivity index is 2.22. The van der Waals surface area contributed by atoms with E-state index in [1.807, 2.05) is 20.8 Å². The van der Waals surface area contributed by atoms with Crippen LogP contribution in [0.1, 0.15) is 52.9 Å². The number of nitrogens with one attached hydrogen (secondary N) is 3. The van der Waals surface area contributed by atoms with Crippen LogP contribution >= 0.6 is 0 Å². The number of ether oxygens (including phenoxy) is 1. The summed E-state index contributed by atoms with van der Waals surface area (Å²) in [5.41, 5.74) is -0.458. The summed E-state index contributed by atoms with van der Waals surface area (Å²) < 4.78 is 5.25. The Hall–Kier alpha value is -1.30. The summed E-state index contributed by atoms with van der Waals surface area (Å²) in [7, 11) is 1.65. The van der Waals surface area contributed by atoms with E-state index in [9.17, 15) is 9.59 Å². The van der Waals surface area contributed by atoms with Crippen molar-refractivity contribution in [3.8, 4) is 0 Å². The van der Waals surface area contributed by atoms with Gasteiger partial charge in [-0.15, -0.1) is 0 Å². The first-order valence-electron chi connectivity index (χ1n) is 8.21. The molecule has 0 heterocycles. The summed E-state index contributed by atoms with van der Waals surface area (Å²) in [4.78, 5) is 22.9. The van der Waals surface area contributed by atoms with Gasteiger partial charge >= 0.3 is 6.09 Å². The quantitative estimate of drug-likeness (QED) is 0.698. The van der Waals surface area contributed by atoms with Crippen LogP contribution in [0.5, 0.6) is 0 Å². The Morgan fingerprint density at radius 1 is 1.23 bits per heavy atom. The van der Waals surface area contributed by atoms with E-state index in [-0.39, 0.29) is 12.0 Å². The smallest absolute Gasteiger partial charge is 0.407 e. The summed E-state index contributed by atoms with van der Waals surface area (Å²) in [6, 6.07) is 0.434. The standard InChI is InChI=1S/C16H31N3O3/c1-16(2,3)22-15(21)19-11-12-6-5-7-13(10-12)18-9-8-14(20)17-4/h12-13,18H,5-11H2,1-4H3,(H,17,20)(H,19,21). The van der Waals surface area contributed by atoms with Crippen molar-refractivity contribution in [2.45, 2.75) is 64.5 Å². The maximum atomic E-state index is 11.7. The lowest BCUT2D eigenvalue weighted by Gasteiger charge is -2.30. The van der Waals surface area contributed by atoms with Gasteiger partial charge in [0.1, 0.15) is 5.60 Å². The van der Waals surface area contributed by atoms with E-state index in [0.717, 1.165) is 25.7 Å². The summed E-state index contributed by atoms with van der Waals surface area (Å²) >= 11 is 0. The van der Waals surface area contributed by atoms with Crippen LogP contribution in [0.4, 0.5) is 4.79 Å². The second-order valence-corrected chi connectivity index (χ2v) is 6.99. The Kier molecular flexibility index (Phi) is 7.65. The van der Waals surface area contributed by atoms with Crippen molar-refractivity contribution in [1.82, 2.24) is 16.0 Å². The summed E-state index contributed by atoms with van der Waals surface area (Å²) in [5, 5.41) is 8.92. The number of hydrogen-bond acceptors (Lipinski definition) is 4. The second-order valence-electron chi connectivity index (χ2n) is 6.99. The number of carbonyl (C=O) groups excluding carboxylic acids is 2. The highest BCUT2D eigenvalue weighted by atomic mass is 16.6. The van der Waals surface area contributed by atoms with E-state index in [2.05, 4.69) is 16.0 Å². The molecule has 6 nitrogen and oxygen atoms in total. The Morgan fingerprint density at radius 2 is 1.95 bits per heavy atom. The minimum absolute atomic E-state index is 0.0615. The molecule has 1 saturated carbocycles. The highest BCUT2D eigenvalue weighted by Gasteiger charge is 2.23. The van der Waals surface area contributed by atoms with Gasteiger partial charge in [-0.2, -0.15) is 0 Å². The molecule has 6 heteroatoms. The fourth-order valence-electron chi connectivity index (χ4n) is 2.72.